The van der Waals surface area contributed by atoms with Gasteiger partial charge in [-0.3, -0.25) is 11.3 Å². The second kappa shape index (κ2) is 7.94. The Bertz CT molecular complexity index is 519. The van der Waals surface area contributed by atoms with Crippen LogP contribution in [-0.2, 0) is 6.42 Å². The Morgan fingerprint density at radius 3 is 2.65 bits per heavy atom. The third kappa shape index (κ3) is 4.56. The minimum atomic E-state index is 0.229. The first-order valence-corrected chi connectivity index (χ1v) is 7.57. The van der Waals surface area contributed by atoms with Gasteiger partial charge in [0.2, 0.25) is 0 Å². The van der Waals surface area contributed by atoms with E-state index in [0.717, 1.165) is 17.9 Å². The predicted molar refractivity (Wildman–Crippen MR) is 85.0 cm³/mol. The first-order valence-electron chi connectivity index (χ1n) is 6.58. The third-order valence-electron chi connectivity index (χ3n) is 3.05. The first-order chi connectivity index (χ1) is 9.81. The summed E-state index contributed by atoms with van der Waals surface area (Å²) in [4.78, 5) is 1.26. The summed E-state index contributed by atoms with van der Waals surface area (Å²) in [5.41, 5.74) is 4.12. The molecule has 0 aromatic heterocycles. The Labute approximate surface area is 124 Å². The molecular weight excluding hydrogens is 268 g/mol. The van der Waals surface area contributed by atoms with Gasteiger partial charge < -0.3 is 4.74 Å². The molecule has 4 heteroatoms. The normalized spacial score (nSPS) is 12.1. The lowest BCUT2D eigenvalue weighted by Crippen LogP contribution is -2.38. The molecule has 0 amide bonds. The van der Waals surface area contributed by atoms with E-state index >= 15 is 0 Å². The van der Waals surface area contributed by atoms with Gasteiger partial charge in [-0.05, 0) is 36.2 Å². The molecule has 2 aromatic carbocycles. The molecule has 0 aliphatic carbocycles. The molecule has 1 atom stereocenters. The van der Waals surface area contributed by atoms with Gasteiger partial charge in [-0.25, -0.2) is 0 Å². The molecule has 2 rings (SSSR count). The molecule has 0 spiro atoms. The van der Waals surface area contributed by atoms with Crippen molar-refractivity contribution >= 4 is 11.8 Å². The van der Waals surface area contributed by atoms with E-state index in [1.165, 1.54) is 10.5 Å². The van der Waals surface area contributed by atoms with Crippen molar-refractivity contribution in [1.29, 1.82) is 0 Å². The van der Waals surface area contributed by atoms with Crippen LogP contribution in [0.5, 0.6) is 5.75 Å². The SMILES string of the molecule is COc1cccc(CC(CSc2ccccc2)NN)c1. The zero-order valence-corrected chi connectivity index (χ0v) is 12.4. The first kappa shape index (κ1) is 14.9. The average molecular weight is 288 g/mol. The number of thioether (sulfide) groups is 1. The maximum absolute atomic E-state index is 5.66. The molecule has 2 aromatic rings. The Kier molecular flexibility index (Phi) is 5.92. The second-order valence-electron chi connectivity index (χ2n) is 4.54. The van der Waals surface area contributed by atoms with Gasteiger partial charge in [0, 0.05) is 16.7 Å². The van der Waals surface area contributed by atoms with Crippen LogP contribution in [0.3, 0.4) is 0 Å². The van der Waals surface area contributed by atoms with Crippen LogP contribution < -0.4 is 16.0 Å². The molecule has 1 unspecified atom stereocenters. The number of benzene rings is 2. The summed E-state index contributed by atoms with van der Waals surface area (Å²) >= 11 is 1.81. The lowest BCUT2D eigenvalue weighted by Gasteiger charge is -2.16. The lowest BCUT2D eigenvalue weighted by atomic mass is 10.1. The van der Waals surface area contributed by atoms with Gasteiger partial charge in [0.15, 0.2) is 0 Å². The fourth-order valence-corrected chi connectivity index (χ4v) is 2.92. The topological polar surface area (TPSA) is 47.3 Å². The van der Waals surface area contributed by atoms with E-state index in [1.54, 1.807) is 7.11 Å². The van der Waals surface area contributed by atoms with E-state index in [1.807, 2.05) is 30.0 Å². The fourth-order valence-electron chi connectivity index (χ4n) is 1.96. The number of methoxy groups -OCH3 is 1. The molecule has 106 valence electrons. The van der Waals surface area contributed by atoms with Gasteiger partial charge in [0.1, 0.15) is 5.75 Å². The number of ether oxygens (including phenoxy) is 1. The van der Waals surface area contributed by atoms with E-state index in [0.29, 0.717) is 0 Å². The molecule has 0 saturated carbocycles. The molecular formula is C16H20N2OS. The highest BCUT2D eigenvalue weighted by Gasteiger charge is 2.09. The minimum absolute atomic E-state index is 0.229. The van der Waals surface area contributed by atoms with Crippen molar-refractivity contribution in [3.8, 4) is 5.75 Å². The fraction of sp³-hybridized carbons (Fsp3) is 0.250. The number of nitrogens with two attached hydrogens (primary N) is 1. The molecule has 0 radical (unpaired) electrons. The highest BCUT2D eigenvalue weighted by molar-refractivity contribution is 7.99. The molecule has 3 nitrogen and oxygen atoms in total. The summed E-state index contributed by atoms with van der Waals surface area (Å²) in [5.74, 6) is 7.47. The zero-order valence-electron chi connectivity index (χ0n) is 11.6. The van der Waals surface area contributed by atoms with Crippen molar-refractivity contribution < 1.29 is 4.74 Å². The van der Waals surface area contributed by atoms with Crippen LogP contribution in [-0.4, -0.2) is 18.9 Å². The smallest absolute Gasteiger partial charge is 0.119 e. The Morgan fingerprint density at radius 2 is 1.95 bits per heavy atom. The molecule has 0 aliphatic rings. The highest BCUT2D eigenvalue weighted by atomic mass is 32.2. The summed E-state index contributed by atoms with van der Waals surface area (Å²) in [6, 6.07) is 18.7. The molecule has 3 N–H and O–H groups in total. The summed E-state index contributed by atoms with van der Waals surface area (Å²) in [7, 11) is 1.68. The van der Waals surface area contributed by atoms with Crippen LogP contribution in [0.15, 0.2) is 59.5 Å². The molecule has 0 saturated heterocycles. The monoisotopic (exact) mass is 288 g/mol. The Hall–Kier alpha value is -1.49. The highest BCUT2D eigenvalue weighted by Crippen LogP contribution is 2.20. The van der Waals surface area contributed by atoms with E-state index in [2.05, 4.69) is 41.8 Å². The van der Waals surface area contributed by atoms with Crippen molar-refractivity contribution in [3.05, 3.63) is 60.2 Å². The Balaban J connectivity index is 1.91. The maximum atomic E-state index is 5.66. The summed E-state index contributed by atoms with van der Waals surface area (Å²) in [6.07, 6.45) is 0.882. The van der Waals surface area contributed by atoms with Crippen LogP contribution in [0.1, 0.15) is 5.56 Å². The predicted octanol–water partition coefficient (Wildman–Crippen LogP) is 2.86. The lowest BCUT2D eigenvalue weighted by molar-refractivity contribution is 0.414. The molecule has 0 fully saturated rings. The van der Waals surface area contributed by atoms with E-state index in [9.17, 15) is 0 Å². The number of hydrazine groups is 1. The van der Waals surface area contributed by atoms with Gasteiger partial charge >= 0.3 is 0 Å². The minimum Gasteiger partial charge on any atom is -0.497 e. The largest absolute Gasteiger partial charge is 0.497 e. The number of rotatable bonds is 7. The van der Waals surface area contributed by atoms with Crippen LogP contribution in [0.25, 0.3) is 0 Å². The Morgan fingerprint density at radius 1 is 1.15 bits per heavy atom. The van der Waals surface area contributed by atoms with Crippen LogP contribution in [0, 0.1) is 0 Å². The van der Waals surface area contributed by atoms with E-state index in [-0.39, 0.29) is 6.04 Å². The third-order valence-corrected chi connectivity index (χ3v) is 4.22. The van der Waals surface area contributed by atoms with Crippen LogP contribution >= 0.6 is 11.8 Å². The quantitative estimate of drug-likeness (QED) is 0.467. The summed E-state index contributed by atoms with van der Waals surface area (Å²) in [6.45, 7) is 0. The van der Waals surface area contributed by atoms with Gasteiger partial charge in [0.25, 0.3) is 0 Å². The van der Waals surface area contributed by atoms with Gasteiger partial charge in [0.05, 0.1) is 7.11 Å². The molecule has 0 bridgehead atoms. The van der Waals surface area contributed by atoms with E-state index < -0.39 is 0 Å². The zero-order chi connectivity index (χ0) is 14.2. The van der Waals surface area contributed by atoms with Crippen LogP contribution in [0.4, 0.5) is 0 Å². The van der Waals surface area contributed by atoms with E-state index in [4.69, 9.17) is 10.6 Å². The molecule has 0 aliphatic heterocycles. The van der Waals surface area contributed by atoms with Crippen molar-refractivity contribution in [3.63, 3.8) is 0 Å². The van der Waals surface area contributed by atoms with Crippen molar-refractivity contribution in [2.24, 2.45) is 5.84 Å². The molecule has 0 heterocycles. The van der Waals surface area contributed by atoms with Gasteiger partial charge in [-0.15, -0.1) is 11.8 Å². The van der Waals surface area contributed by atoms with Gasteiger partial charge in [-0.1, -0.05) is 30.3 Å². The standard InChI is InChI=1S/C16H20N2OS/c1-19-15-7-5-6-13(11-15)10-14(18-17)12-20-16-8-3-2-4-9-16/h2-9,11,14,18H,10,12,17H2,1H3. The number of nitrogens with one attached hydrogen (secondary N) is 1. The van der Waals surface area contributed by atoms with Crippen molar-refractivity contribution in [1.82, 2.24) is 5.43 Å². The van der Waals surface area contributed by atoms with Crippen molar-refractivity contribution in [2.45, 2.75) is 17.4 Å². The molecule has 20 heavy (non-hydrogen) atoms. The number of hydrogen-bond donors (Lipinski definition) is 2. The van der Waals surface area contributed by atoms with Crippen LogP contribution in [0.2, 0.25) is 0 Å². The maximum Gasteiger partial charge on any atom is 0.119 e. The summed E-state index contributed by atoms with van der Waals surface area (Å²) in [5, 5.41) is 0. The number of hydrogen-bond acceptors (Lipinski definition) is 4. The average Bonchev–Trinajstić information content (AvgIpc) is 2.52. The summed E-state index contributed by atoms with van der Waals surface area (Å²) < 4.78 is 5.24. The second-order valence-corrected chi connectivity index (χ2v) is 5.64. The van der Waals surface area contributed by atoms with Gasteiger partial charge in [-0.2, -0.15) is 0 Å². The van der Waals surface area contributed by atoms with Crippen molar-refractivity contribution in [2.75, 3.05) is 12.9 Å².